The number of nitrogens with one attached hydrogen (secondary N) is 1. The van der Waals surface area contributed by atoms with E-state index in [0.717, 1.165) is 22.3 Å². The van der Waals surface area contributed by atoms with Crippen LogP contribution in [0.5, 0.6) is 0 Å². The molecule has 1 heterocycles. The molecule has 0 saturated carbocycles. The van der Waals surface area contributed by atoms with Crippen LogP contribution in [-0.2, 0) is 11.2 Å². The highest BCUT2D eigenvalue weighted by Gasteiger charge is 2.18. The maximum Gasteiger partial charge on any atom is 0.222 e. The number of hydrogen-bond acceptors (Lipinski definition) is 2. The Morgan fingerprint density at radius 2 is 1.81 bits per heavy atom. The van der Waals surface area contributed by atoms with Crippen LogP contribution in [0.25, 0.3) is 22.2 Å². The maximum absolute atomic E-state index is 13.8. The fraction of sp³-hybridized carbons (Fsp3) is 0.286. The molecule has 1 aromatic heterocycles. The number of aliphatic hydroxyl groups is 1. The highest BCUT2D eigenvalue weighted by atomic mass is 19.1. The second-order valence-electron chi connectivity index (χ2n) is 6.71. The van der Waals surface area contributed by atoms with Gasteiger partial charge in [0.25, 0.3) is 0 Å². The lowest BCUT2D eigenvalue weighted by molar-refractivity contribution is -0.132. The molecule has 2 N–H and O–H groups in total. The Morgan fingerprint density at radius 1 is 1.15 bits per heavy atom. The Morgan fingerprint density at radius 3 is 2.48 bits per heavy atom. The van der Waals surface area contributed by atoms with Crippen molar-refractivity contribution in [2.24, 2.45) is 0 Å². The predicted octanol–water partition coefficient (Wildman–Crippen LogP) is 3.88. The SMILES string of the molecule is CC(CO)N(C)C(=O)CCc1c(-c2ccc(F)cc2)[nH]c2ccc(F)cc12. The fourth-order valence-corrected chi connectivity index (χ4v) is 3.12. The summed E-state index contributed by atoms with van der Waals surface area (Å²) in [6.45, 7) is 1.66. The Hall–Kier alpha value is -2.73. The number of carbonyl (C=O) groups excluding carboxylic acids is 1. The van der Waals surface area contributed by atoms with Crippen LogP contribution in [0.2, 0.25) is 0 Å². The Kier molecular flexibility index (Phi) is 5.56. The number of halogens is 2. The summed E-state index contributed by atoms with van der Waals surface area (Å²) < 4.78 is 27.1. The Labute approximate surface area is 156 Å². The molecule has 0 radical (unpaired) electrons. The van der Waals surface area contributed by atoms with E-state index in [2.05, 4.69) is 4.98 Å². The predicted molar refractivity (Wildman–Crippen MR) is 101 cm³/mol. The van der Waals surface area contributed by atoms with E-state index in [0.29, 0.717) is 11.8 Å². The van der Waals surface area contributed by atoms with Crippen molar-refractivity contribution in [3.05, 3.63) is 59.7 Å². The van der Waals surface area contributed by atoms with Gasteiger partial charge in [0.15, 0.2) is 0 Å². The zero-order chi connectivity index (χ0) is 19.6. The molecule has 0 fully saturated rings. The van der Waals surface area contributed by atoms with Gasteiger partial charge in [0.05, 0.1) is 12.6 Å². The summed E-state index contributed by atoms with van der Waals surface area (Å²) in [6.07, 6.45) is 0.621. The number of aromatic nitrogens is 1. The van der Waals surface area contributed by atoms with Crippen LogP contribution in [0.3, 0.4) is 0 Å². The highest BCUT2D eigenvalue weighted by Crippen LogP contribution is 2.32. The van der Waals surface area contributed by atoms with Crippen LogP contribution in [0.1, 0.15) is 18.9 Å². The van der Waals surface area contributed by atoms with E-state index >= 15 is 0 Å². The highest BCUT2D eigenvalue weighted by molar-refractivity contribution is 5.91. The smallest absolute Gasteiger partial charge is 0.222 e. The van der Waals surface area contributed by atoms with Crippen LogP contribution in [0, 0.1) is 11.6 Å². The molecule has 0 aliphatic rings. The molecule has 0 aliphatic carbocycles. The largest absolute Gasteiger partial charge is 0.394 e. The van der Waals surface area contributed by atoms with Crippen molar-refractivity contribution in [1.29, 1.82) is 0 Å². The van der Waals surface area contributed by atoms with Gasteiger partial charge in [-0.15, -0.1) is 0 Å². The molecule has 6 heteroatoms. The number of aromatic amines is 1. The number of likely N-dealkylation sites (N-methyl/N-ethyl adjacent to an activating group) is 1. The topological polar surface area (TPSA) is 56.3 Å². The average Bonchev–Trinajstić information content (AvgIpc) is 3.03. The van der Waals surface area contributed by atoms with Gasteiger partial charge in [0.1, 0.15) is 11.6 Å². The molecule has 3 aromatic rings. The van der Waals surface area contributed by atoms with Gasteiger partial charge in [-0.05, 0) is 66.9 Å². The summed E-state index contributed by atoms with van der Waals surface area (Å²) in [5, 5.41) is 9.93. The van der Waals surface area contributed by atoms with Gasteiger partial charge in [0.2, 0.25) is 5.91 Å². The van der Waals surface area contributed by atoms with Crippen LogP contribution in [0.15, 0.2) is 42.5 Å². The molecule has 27 heavy (non-hydrogen) atoms. The lowest BCUT2D eigenvalue weighted by Gasteiger charge is -2.23. The summed E-state index contributed by atoms with van der Waals surface area (Å²) in [5.74, 6) is -0.796. The summed E-state index contributed by atoms with van der Waals surface area (Å²) in [5.41, 5.74) is 3.10. The third-order valence-electron chi connectivity index (χ3n) is 4.91. The number of fused-ring (bicyclic) bond motifs is 1. The molecule has 1 atom stereocenters. The first kappa shape index (κ1) is 19.0. The van der Waals surface area contributed by atoms with E-state index < -0.39 is 0 Å². The molecule has 0 bridgehead atoms. The summed E-state index contributed by atoms with van der Waals surface area (Å²) in [6, 6.07) is 10.2. The van der Waals surface area contributed by atoms with E-state index in [1.54, 1.807) is 32.2 Å². The van der Waals surface area contributed by atoms with Gasteiger partial charge in [-0.25, -0.2) is 8.78 Å². The molecule has 1 amide bonds. The minimum absolute atomic E-state index is 0.104. The first-order valence-electron chi connectivity index (χ1n) is 8.83. The molecule has 0 aliphatic heterocycles. The van der Waals surface area contributed by atoms with Crippen LogP contribution >= 0.6 is 0 Å². The van der Waals surface area contributed by atoms with Crippen molar-refractivity contribution in [3.63, 3.8) is 0 Å². The van der Waals surface area contributed by atoms with E-state index in [1.165, 1.54) is 29.2 Å². The number of amides is 1. The number of aliphatic hydroxyl groups excluding tert-OH is 1. The number of carbonyl (C=O) groups is 1. The number of nitrogens with zero attached hydrogens (tertiary/aromatic N) is 1. The molecule has 142 valence electrons. The van der Waals surface area contributed by atoms with Gasteiger partial charge in [0, 0.05) is 30.1 Å². The lowest BCUT2D eigenvalue weighted by atomic mass is 10.0. The quantitative estimate of drug-likeness (QED) is 0.690. The van der Waals surface area contributed by atoms with Crippen molar-refractivity contribution >= 4 is 16.8 Å². The van der Waals surface area contributed by atoms with Crippen molar-refractivity contribution in [3.8, 4) is 11.3 Å². The standard InChI is InChI=1S/C21H22F2N2O2/c1-13(12-26)25(2)20(27)10-8-17-18-11-16(23)7-9-19(18)24-21(17)14-3-5-15(22)6-4-14/h3-7,9,11,13,24,26H,8,10,12H2,1-2H3. The maximum atomic E-state index is 13.8. The summed E-state index contributed by atoms with van der Waals surface area (Å²) in [4.78, 5) is 17.2. The minimum Gasteiger partial charge on any atom is -0.394 e. The molecular formula is C21H22F2N2O2. The third kappa shape index (κ3) is 4.01. The van der Waals surface area contributed by atoms with E-state index in [9.17, 15) is 18.7 Å². The Balaban J connectivity index is 1.97. The molecule has 2 aromatic carbocycles. The van der Waals surface area contributed by atoms with E-state index in [4.69, 9.17) is 0 Å². The van der Waals surface area contributed by atoms with Crippen molar-refractivity contribution in [2.75, 3.05) is 13.7 Å². The zero-order valence-electron chi connectivity index (χ0n) is 15.3. The molecule has 0 spiro atoms. The second kappa shape index (κ2) is 7.88. The fourth-order valence-electron chi connectivity index (χ4n) is 3.12. The zero-order valence-corrected chi connectivity index (χ0v) is 15.3. The van der Waals surface area contributed by atoms with Gasteiger partial charge >= 0.3 is 0 Å². The number of rotatable bonds is 6. The molecular weight excluding hydrogens is 350 g/mol. The van der Waals surface area contributed by atoms with Gasteiger partial charge in [-0.2, -0.15) is 0 Å². The van der Waals surface area contributed by atoms with Crippen LogP contribution < -0.4 is 0 Å². The molecule has 4 nitrogen and oxygen atoms in total. The summed E-state index contributed by atoms with van der Waals surface area (Å²) in [7, 11) is 1.65. The van der Waals surface area contributed by atoms with Crippen molar-refractivity contribution < 1.29 is 18.7 Å². The molecule has 0 saturated heterocycles. The lowest BCUT2D eigenvalue weighted by Crippen LogP contribution is -2.37. The van der Waals surface area contributed by atoms with Crippen molar-refractivity contribution in [1.82, 2.24) is 9.88 Å². The third-order valence-corrected chi connectivity index (χ3v) is 4.91. The van der Waals surface area contributed by atoms with Gasteiger partial charge in [-0.3, -0.25) is 4.79 Å². The first-order chi connectivity index (χ1) is 12.9. The second-order valence-corrected chi connectivity index (χ2v) is 6.71. The number of aryl methyl sites for hydroxylation is 1. The van der Waals surface area contributed by atoms with Crippen molar-refractivity contribution in [2.45, 2.75) is 25.8 Å². The normalized spacial score (nSPS) is 12.3. The monoisotopic (exact) mass is 372 g/mol. The van der Waals surface area contributed by atoms with Crippen LogP contribution in [0.4, 0.5) is 8.78 Å². The van der Waals surface area contributed by atoms with Crippen LogP contribution in [-0.4, -0.2) is 40.6 Å². The number of hydrogen-bond donors (Lipinski definition) is 2. The molecule has 3 rings (SSSR count). The average molecular weight is 372 g/mol. The van der Waals surface area contributed by atoms with E-state index in [1.807, 2.05) is 0 Å². The molecule has 1 unspecified atom stereocenters. The first-order valence-corrected chi connectivity index (χ1v) is 8.83. The van der Waals surface area contributed by atoms with E-state index in [-0.39, 0.29) is 36.6 Å². The van der Waals surface area contributed by atoms with Gasteiger partial charge in [-0.1, -0.05) is 0 Å². The minimum atomic E-state index is -0.356. The Bertz CT molecular complexity index is 951. The number of benzene rings is 2. The number of H-pyrrole nitrogens is 1. The summed E-state index contributed by atoms with van der Waals surface area (Å²) >= 11 is 0. The van der Waals surface area contributed by atoms with Gasteiger partial charge < -0.3 is 15.0 Å².